The number of methoxy groups -OCH3 is 1. The van der Waals surface area contributed by atoms with Gasteiger partial charge in [0.15, 0.2) is 0 Å². The molecule has 2 N–H and O–H groups in total. The summed E-state index contributed by atoms with van der Waals surface area (Å²) in [6.07, 6.45) is 3.43. The molecule has 0 bridgehead atoms. The molecule has 8 nitrogen and oxygen atoms in total. The number of carbonyl (C=O) groups excluding carboxylic acids is 2. The zero-order valence-electron chi connectivity index (χ0n) is 16.2. The quantitative estimate of drug-likeness (QED) is 0.704. The monoisotopic (exact) mass is 415 g/mol. The van der Waals surface area contributed by atoms with Crippen molar-refractivity contribution in [2.45, 2.75) is 25.4 Å². The minimum atomic E-state index is -0.299. The lowest BCUT2D eigenvalue weighted by Crippen LogP contribution is -2.35. The molecule has 1 saturated heterocycles. The van der Waals surface area contributed by atoms with Gasteiger partial charge in [-0.25, -0.2) is 4.98 Å². The first-order valence-corrected chi connectivity index (χ1v) is 9.46. The molecule has 0 aliphatic carbocycles. The summed E-state index contributed by atoms with van der Waals surface area (Å²) in [4.78, 5) is 34.5. The van der Waals surface area contributed by atoms with Crippen molar-refractivity contribution in [1.29, 1.82) is 0 Å². The van der Waals surface area contributed by atoms with Crippen LogP contribution in [-0.2, 0) is 4.79 Å². The minimum Gasteiger partial charge on any atom is -0.480 e. The molecular weight excluding hydrogens is 394 g/mol. The average Bonchev–Trinajstić information content (AvgIpc) is 3.09. The summed E-state index contributed by atoms with van der Waals surface area (Å²) in [5, 5.41) is 6.23. The first kappa shape index (κ1) is 20.6. The highest BCUT2D eigenvalue weighted by Gasteiger charge is 2.33. The molecule has 0 radical (unpaired) electrons. The number of anilines is 2. The molecule has 2 aromatic rings. The van der Waals surface area contributed by atoms with E-state index >= 15 is 0 Å². The number of amides is 2. The van der Waals surface area contributed by atoms with E-state index in [1.807, 2.05) is 11.8 Å². The van der Waals surface area contributed by atoms with Crippen LogP contribution in [0, 0.1) is 0 Å². The fraction of sp³-hybridized carbons (Fsp3) is 0.300. The second-order valence-corrected chi connectivity index (χ2v) is 7.11. The Hall–Kier alpha value is -3.13. The van der Waals surface area contributed by atoms with Gasteiger partial charge in [0.1, 0.15) is 5.02 Å². The van der Waals surface area contributed by atoms with Gasteiger partial charge in [0.05, 0.1) is 13.3 Å². The second kappa shape index (κ2) is 8.91. The summed E-state index contributed by atoms with van der Waals surface area (Å²) in [6.45, 7) is 5.93. The Morgan fingerprint density at radius 1 is 1.34 bits per heavy atom. The number of likely N-dealkylation sites (tertiary alicyclic amines) is 1. The van der Waals surface area contributed by atoms with Crippen LogP contribution in [0.1, 0.15) is 23.7 Å². The Morgan fingerprint density at radius 2 is 2.07 bits per heavy atom. The highest BCUT2D eigenvalue weighted by Crippen LogP contribution is 2.25. The highest BCUT2D eigenvalue weighted by atomic mass is 35.5. The van der Waals surface area contributed by atoms with Gasteiger partial charge >= 0.3 is 0 Å². The SMILES string of the molecule is C=CC(=O)Nc1ccc(C(=O)N2C[C@H](Nc3ncc(Cl)c(OC)n3)C[C@@H]2C)cc1. The third-order valence-corrected chi connectivity index (χ3v) is 4.92. The van der Waals surface area contributed by atoms with E-state index in [1.54, 1.807) is 24.3 Å². The number of benzene rings is 1. The van der Waals surface area contributed by atoms with E-state index in [0.29, 0.717) is 34.6 Å². The van der Waals surface area contributed by atoms with E-state index in [9.17, 15) is 9.59 Å². The predicted molar refractivity (Wildman–Crippen MR) is 111 cm³/mol. The number of hydrogen-bond acceptors (Lipinski definition) is 6. The van der Waals surface area contributed by atoms with Crippen molar-refractivity contribution in [3.05, 3.63) is 53.7 Å². The average molecular weight is 416 g/mol. The number of carbonyl (C=O) groups is 2. The first-order chi connectivity index (χ1) is 13.9. The van der Waals surface area contributed by atoms with Crippen LogP contribution in [0.3, 0.4) is 0 Å². The molecule has 2 amide bonds. The number of rotatable bonds is 6. The Kier molecular flexibility index (Phi) is 6.33. The van der Waals surface area contributed by atoms with Crippen LogP contribution in [0.15, 0.2) is 43.1 Å². The number of nitrogens with one attached hydrogen (secondary N) is 2. The molecule has 2 heterocycles. The maximum Gasteiger partial charge on any atom is 0.254 e. The van der Waals surface area contributed by atoms with Gasteiger partial charge in [-0.15, -0.1) is 0 Å². The van der Waals surface area contributed by atoms with Crippen molar-refractivity contribution in [3.63, 3.8) is 0 Å². The van der Waals surface area contributed by atoms with Crippen LogP contribution in [-0.4, -0.2) is 52.4 Å². The van der Waals surface area contributed by atoms with Crippen LogP contribution in [0.25, 0.3) is 0 Å². The lowest BCUT2D eigenvalue weighted by molar-refractivity contribution is -0.111. The fourth-order valence-corrected chi connectivity index (χ4v) is 3.39. The summed E-state index contributed by atoms with van der Waals surface area (Å²) < 4.78 is 5.11. The molecule has 0 saturated carbocycles. The van der Waals surface area contributed by atoms with Gasteiger partial charge in [-0.3, -0.25) is 9.59 Å². The molecule has 1 aliphatic rings. The second-order valence-electron chi connectivity index (χ2n) is 6.71. The zero-order chi connectivity index (χ0) is 21.0. The van der Waals surface area contributed by atoms with E-state index in [4.69, 9.17) is 16.3 Å². The van der Waals surface area contributed by atoms with E-state index in [1.165, 1.54) is 19.4 Å². The maximum atomic E-state index is 12.9. The predicted octanol–water partition coefficient (Wildman–Crippen LogP) is 2.98. The van der Waals surface area contributed by atoms with Crippen molar-refractivity contribution >= 4 is 35.1 Å². The van der Waals surface area contributed by atoms with Crippen molar-refractivity contribution in [2.75, 3.05) is 24.3 Å². The molecule has 0 unspecified atom stereocenters. The fourth-order valence-electron chi connectivity index (χ4n) is 3.22. The topological polar surface area (TPSA) is 96.5 Å². The molecule has 1 aromatic carbocycles. The minimum absolute atomic E-state index is 0.00554. The Balaban J connectivity index is 1.65. The maximum absolute atomic E-state index is 12.9. The largest absolute Gasteiger partial charge is 0.480 e. The van der Waals surface area contributed by atoms with Crippen molar-refractivity contribution in [1.82, 2.24) is 14.9 Å². The van der Waals surface area contributed by atoms with E-state index in [-0.39, 0.29) is 23.9 Å². The van der Waals surface area contributed by atoms with Crippen LogP contribution in [0.5, 0.6) is 5.88 Å². The first-order valence-electron chi connectivity index (χ1n) is 9.08. The standard InChI is InChI=1S/C20H22ClN5O3/c1-4-17(27)23-14-7-5-13(6-8-14)19(28)26-11-15(9-12(26)2)24-20-22-10-16(21)18(25-20)29-3/h4-8,10,12,15H,1,9,11H2,2-3H3,(H,23,27)(H,22,24,25)/t12-,15+/m0/s1. The number of halogens is 1. The molecule has 1 fully saturated rings. The highest BCUT2D eigenvalue weighted by molar-refractivity contribution is 6.31. The molecule has 3 rings (SSSR count). The van der Waals surface area contributed by atoms with Gasteiger partial charge in [0.2, 0.25) is 17.7 Å². The normalized spacial score (nSPS) is 18.2. The third-order valence-electron chi connectivity index (χ3n) is 4.66. The zero-order valence-corrected chi connectivity index (χ0v) is 16.9. The van der Waals surface area contributed by atoms with Gasteiger partial charge in [-0.1, -0.05) is 18.2 Å². The molecule has 2 atom stereocenters. The Bertz CT molecular complexity index is 919. The van der Waals surface area contributed by atoms with Crippen molar-refractivity contribution in [3.8, 4) is 5.88 Å². The molecule has 1 aliphatic heterocycles. The number of ether oxygens (including phenoxy) is 1. The smallest absolute Gasteiger partial charge is 0.254 e. The van der Waals surface area contributed by atoms with Crippen LogP contribution < -0.4 is 15.4 Å². The number of hydrogen-bond donors (Lipinski definition) is 2. The van der Waals surface area contributed by atoms with Gasteiger partial charge in [0.25, 0.3) is 5.91 Å². The van der Waals surface area contributed by atoms with Crippen LogP contribution in [0.2, 0.25) is 5.02 Å². The summed E-state index contributed by atoms with van der Waals surface area (Å²) in [5.74, 6) is 0.331. The van der Waals surface area contributed by atoms with E-state index < -0.39 is 0 Å². The van der Waals surface area contributed by atoms with Crippen LogP contribution in [0.4, 0.5) is 11.6 Å². The molecular formula is C20H22ClN5O3. The van der Waals surface area contributed by atoms with Crippen molar-refractivity contribution < 1.29 is 14.3 Å². The molecule has 29 heavy (non-hydrogen) atoms. The van der Waals surface area contributed by atoms with Crippen LogP contribution >= 0.6 is 11.6 Å². The van der Waals surface area contributed by atoms with E-state index in [2.05, 4.69) is 27.2 Å². The molecule has 0 spiro atoms. The van der Waals surface area contributed by atoms with E-state index in [0.717, 1.165) is 6.42 Å². The molecule has 9 heteroatoms. The number of aromatic nitrogens is 2. The lowest BCUT2D eigenvalue weighted by Gasteiger charge is -2.21. The Morgan fingerprint density at radius 3 is 2.72 bits per heavy atom. The Labute approximate surface area is 173 Å². The lowest BCUT2D eigenvalue weighted by atomic mass is 10.1. The van der Waals surface area contributed by atoms with Gasteiger partial charge < -0.3 is 20.3 Å². The van der Waals surface area contributed by atoms with Gasteiger partial charge in [0, 0.05) is 29.9 Å². The van der Waals surface area contributed by atoms with Gasteiger partial charge in [-0.2, -0.15) is 4.98 Å². The summed E-state index contributed by atoms with van der Waals surface area (Å²) >= 11 is 5.96. The third kappa shape index (κ3) is 4.83. The number of nitrogens with zero attached hydrogens (tertiary/aromatic N) is 3. The summed E-state index contributed by atoms with van der Waals surface area (Å²) in [5.41, 5.74) is 1.16. The summed E-state index contributed by atoms with van der Waals surface area (Å²) in [6, 6.07) is 6.83. The van der Waals surface area contributed by atoms with Gasteiger partial charge in [-0.05, 0) is 43.7 Å². The van der Waals surface area contributed by atoms with Crippen molar-refractivity contribution in [2.24, 2.45) is 0 Å². The summed E-state index contributed by atoms with van der Waals surface area (Å²) in [7, 11) is 1.49. The molecule has 1 aromatic heterocycles. The molecule has 152 valence electrons.